The zero-order valence-electron chi connectivity index (χ0n) is 21.4. The molecule has 4 amide bonds. The number of hydrogen-bond acceptors (Lipinski definition) is 6. The number of allylic oxidation sites excluding steroid dienone is 1. The number of urea groups is 1. The standard InChI is InChI=1S/C28H34N4O3S2/c1-3-4-5-6-14-28(2)26(34)31(27(35)29-28)18-23(33)32-25(22-13-9-16-37-22)21-12-7-10-19(24(21)30-32)17-20-11-8-15-36-20/h8-9,11,13,15-17,21,25H,3-7,10,12,14,18H2,1-2H3,(H,29,35)/b19-17+. The average Bonchev–Trinajstić information content (AvgIpc) is 3.67. The highest BCUT2D eigenvalue weighted by atomic mass is 32.1. The van der Waals surface area contributed by atoms with Crippen molar-refractivity contribution in [3.63, 3.8) is 0 Å². The largest absolute Gasteiger partial charge is 0.325 e. The normalized spacial score (nSPS) is 26.5. The number of imide groups is 1. The van der Waals surface area contributed by atoms with Crippen LogP contribution in [0.25, 0.3) is 6.08 Å². The summed E-state index contributed by atoms with van der Waals surface area (Å²) in [5, 5.41) is 13.4. The second-order valence-electron chi connectivity index (χ2n) is 10.3. The van der Waals surface area contributed by atoms with Crippen LogP contribution >= 0.6 is 22.7 Å². The van der Waals surface area contributed by atoms with Gasteiger partial charge in [0.15, 0.2) is 0 Å². The second kappa shape index (κ2) is 10.9. The van der Waals surface area contributed by atoms with Gasteiger partial charge in [0, 0.05) is 15.7 Å². The zero-order valence-corrected chi connectivity index (χ0v) is 23.1. The number of hydrogen-bond donors (Lipinski definition) is 1. The van der Waals surface area contributed by atoms with Crippen LogP contribution in [-0.2, 0) is 9.59 Å². The molecule has 2 aliphatic heterocycles. The van der Waals surface area contributed by atoms with Gasteiger partial charge in [0.2, 0.25) is 0 Å². The van der Waals surface area contributed by atoms with Crippen molar-refractivity contribution in [3.05, 3.63) is 50.4 Å². The van der Waals surface area contributed by atoms with Gasteiger partial charge in [0.1, 0.15) is 12.1 Å². The summed E-state index contributed by atoms with van der Waals surface area (Å²) in [6.45, 7) is 3.61. The molecule has 2 aromatic heterocycles. The molecule has 0 radical (unpaired) electrons. The van der Waals surface area contributed by atoms with Crippen LogP contribution in [0.3, 0.4) is 0 Å². The van der Waals surface area contributed by atoms with Crippen molar-refractivity contribution in [3.8, 4) is 0 Å². The molecule has 3 atom stereocenters. The molecule has 3 unspecified atom stereocenters. The first-order valence-electron chi connectivity index (χ1n) is 13.2. The predicted octanol–water partition coefficient (Wildman–Crippen LogP) is 6.21. The van der Waals surface area contributed by atoms with Gasteiger partial charge in [-0.25, -0.2) is 9.80 Å². The number of carbonyl (C=O) groups excluding carboxylic acids is 3. The summed E-state index contributed by atoms with van der Waals surface area (Å²) in [4.78, 5) is 43.1. The molecule has 0 aromatic carbocycles. The van der Waals surface area contributed by atoms with Crippen LogP contribution in [0, 0.1) is 5.92 Å². The fraction of sp³-hybridized carbons (Fsp3) is 0.500. The van der Waals surface area contributed by atoms with Crippen molar-refractivity contribution >= 4 is 52.3 Å². The van der Waals surface area contributed by atoms with Gasteiger partial charge in [0.25, 0.3) is 11.8 Å². The van der Waals surface area contributed by atoms with E-state index < -0.39 is 11.6 Å². The second-order valence-corrected chi connectivity index (χ2v) is 12.3. The van der Waals surface area contributed by atoms with Gasteiger partial charge in [-0.3, -0.25) is 14.5 Å². The van der Waals surface area contributed by atoms with Crippen LogP contribution in [-0.4, -0.2) is 45.5 Å². The first-order valence-corrected chi connectivity index (χ1v) is 15.0. The molecule has 9 heteroatoms. The Kier molecular flexibility index (Phi) is 7.62. The molecule has 3 aliphatic rings. The van der Waals surface area contributed by atoms with E-state index in [0.717, 1.165) is 60.4 Å². The molecule has 7 nitrogen and oxygen atoms in total. The van der Waals surface area contributed by atoms with E-state index in [1.807, 2.05) is 23.6 Å². The van der Waals surface area contributed by atoms with Crippen molar-refractivity contribution in [2.75, 3.05) is 6.54 Å². The van der Waals surface area contributed by atoms with Crippen LogP contribution in [0.2, 0.25) is 0 Å². The van der Waals surface area contributed by atoms with Gasteiger partial charge >= 0.3 is 6.03 Å². The predicted molar refractivity (Wildman–Crippen MR) is 148 cm³/mol. The average molecular weight is 539 g/mol. The van der Waals surface area contributed by atoms with Gasteiger partial charge in [-0.05, 0) is 67.1 Å². The number of carbonyl (C=O) groups is 3. The van der Waals surface area contributed by atoms with E-state index in [1.54, 1.807) is 34.6 Å². The minimum atomic E-state index is -0.959. The molecule has 1 saturated heterocycles. The fourth-order valence-electron chi connectivity index (χ4n) is 5.66. The van der Waals surface area contributed by atoms with Gasteiger partial charge in [-0.15, -0.1) is 22.7 Å². The molecule has 5 rings (SSSR count). The molecule has 4 heterocycles. The van der Waals surface area contributed by atoms with Crippen LogP contribution in [0.15, 0.2) is 45.7 Å². The van der Waals surface area contributed by atoms with Crippen molar-refractivity contribution in [1.82, 2.24) is 15.2 Å². The Morgan fingerprint density at radius 2 is 2.00 bits per heavy atom. The number of hydrazone groups is 1. The summed E-state index contributed by atoms with van der Waals surface area (Å²) in [5.74, 6) is -0.540. The lowest BCUT2D eigenvalue weighted by atomic mass is 9.79. The smallest absolute Gasteiger partial charge is 0.323 e. The van der Waals surface area contributed by atoms with E-state index in [9.17, 15) is 14.4 Å². The van der Waals surface area contributed by atoms with Crippen LogP contribution in [0.5, 0.6) is 0 Å². The number of rotatable bonds is 9. The van der Waals surface area contributed by atoms with Crippen LogP contribution < -0.4 is 5.32 Å². The van der Waals surface area contributed by atoms with Crippen LogP contribution in [0.1, 0.15) is 81.0 Å². The van der Waals surface area contributed by atoms with E-state index in [2.05, 4.69) is 29.8 Å². The van der Waals surface area contributed by atoms with Crippen LogP contribution in [0.4, 0.5) is 4.79 Å². The molecule has 2 aromatic rings. The number of nitrogens with zero attached hydrogens (tertiary/aromatic N) is 3. The molecule has 0 spiro atoms. The lowest BCUT2D eigenvalue weighted by Gasteiger charge is -2.29. The lowest BCUT2D eigenvalue weighted by molar-refractivity contribution is -0.140. The Bertz CT molecular complexity index is 1200. The van der Waals surface area contributed by atoms with Gasteiger partial charge < -0.3 is 5.32 Å². The highest BCUT2D eigenvalue weighted by molar-refractivity contribution is 7.11. The molecule has 196 valence electrons. The first-order chi connectivity index (χ1) is 17.9. The number of fused-ring (bicyclic) bond motifs is 1. The molecule has 37 heavy (non-hydrogen) atoms. The fourth-order valence-corrected chi connectivity index (χ4v) is 7.22. The first kappa shape index (κ1) is 25.9. The van der Waals surface area contributed by atoms with E-state index in [4.69, 9.17) is 5.10 Å². The third-order valence-electron chi connectivity index (χ3n) is 7.62. The summed E-state index contributed by atoms with van der Waals surface area (Å²) in [6, 6.07) is 7.46. The highest BCUT2D eigenvalue weighted by Crippen LogP contribution is 2.45. The van der Waals surface area contributed by atoms with E-state index in [0.29, 0.717) is 6.42 Å². The summed E-state index contributed by atoms with van der Waals surface area (Å²) in [5.41, 5.74) is 1.18. The quantitative estimate of drug-likeness (QED) is 0.304. The van der Waals surface area contributed by atoms with Crippen molar-refractivity contribution in [2.45, 2.75) is 76.8 Å². The molecule has 1 saturated carbocycles. The summed E-state index contributed by atoms with van der Waals surface area (Å²) in [6.07, 6.45) is 9.76. The third kappa shape index (κ3) is 5.16. The highest BCUT2D eigenvalue weighted by Gasteiger charge is 2.50. The summed E-state index contributed by atoms with van der Waals surface area (Å²) < 4.78 is 0. The topological polar surface area (TPSA) is 82.1 Å². The monoisotopic (exact) mass is 538 g/mol. The number of thiophene rings is 2. The third-order valence-corrected chi connectivity index (χ3v) is 9.38. The molecule has 1 aliphatic carbocycles. The lowest BCUT2D eigenvalue weighted by Crippen LogP contribution is -2.45. The van der Waals surface area contributed by atoms with Gasteiger partial charge in [0.05, 0.1) is 11.8 Å². The minimum absolute atomic E-state index is 0.106. The van der Waals surface area contributed by atoms with Gasteiger partial charge in [-0.2, -0.15) is 5.10 Å². The maximum absolute atomic E-state index is 13.7. The SMILES string of the molecule is CCCCCCC1(C)NC(=O)N(CC(=O)N2N=C3/C(=C/c4cccs4)CCCC3C2c2cccs2)C1=O. The Labute approximate surface area is 226 Å². The van der Waals surface area contributed by atoms with E-state index in [-0.39, 0.29) is 30.3 Å². The Morgan fingerprint density at radius 1 is 1.19 bits per heavy atom. The minimum Gasteiger partial charge on any atom is -0.323 e. The van der Waals surface area contributed by atoms with Crippen molar-refractivity contribution in [1.29, 1.82) is 0 Å². The number of unbranched alkanes of at least 4 members (excludes halogenated alkanes) is 3. The zero-order chi connectivity index (χ0) is 26.0. The van der Waals surface area contributed by atoms with Crippen molar-refractivity contribution in [2.24, 2.45) is 11.0 Å². The Hall–Kier alpha value is -2.78. The van der Waals surface area contributed by atoms with Crippen molar-refractivity contribution < 1.29 is 14.4 Å². The van der Waals surface area contributed by atoms with E-state index >= 15 is 0 Å². The Morgan fingerprint density at radius 3 is 2.73 bits per heavy atom. The number of nitrogens with one attached hydrogen (secondary N) is 1. The van der Waals surface area contributed by atoms with Gasteiger partial charge in [-0.1, -0.05) is 44.7 Å². The molecule has 0 bridgehead atoms. The maximum atomic E-state index is 13.7. The summed E-state index contributed by atoms with van der Waals surface area (Å²) in [7, 11) is 0. The van der Waals surface area contributed by atoms with E-state index in [1.165, 1.54) is 10.5 Å². The molecular weight excluding hydrogens is 504 g/mol. The molecule has 1 N–H and O–H groups in total. The Balaban J connectivity index is 1.38. The summed E-state index contributed by atoms with van der Waals surface area (Å²) >= 11 is 3.30. The molecule has 2 fully saturated rings. The maximum Gasteiger partial charge on any atom is 0.325 e. The molecular formula is C28H34N4O3S2. The number of amides is 4.